The topological polar surface area (TPSA) is 96.9 Å². The van der Waals surface area contributed by atoms with E-state index >= 15 is 0 Å². The average molecular weight is 366 g/mol. The van der Waals surface area contributed by atoms with Gasteiger partial charge in [0.05, 0.1) is 19.4 Å². The zero-order chi connectivity index (χ0) is 18.8. The lowest BCUT2D eigenvalue weighted by Gasteiger charge is -2.19. The molecule has 1 aromatic rings. The van der Waals surface area contributed by atoms with Crippen LogP contribution in [0.25, 0.3) is 0 Å². The van der Waals surface area contributed by atoms with Gasteiger partial charge in [-0.2, -0.15) is 0 Å². The van der Waals surface area contributed by atoms with Gasteiger partial charge in [0.25, 0.3) is 0 Å². The highest BCUT2D eigenvalue weighted by Gasteiger charge is 2.21. The van der Waals surface area contributed by atoms with Gasteiger partial charge in [-0.15, -0.1) is 0 Å². The van der Waals surface area contributed by atoms with Gasteiger partial charge in [0, 0.05) is 0 Å². The van der Waals surface area contributed by atoms with E-state index in [9.17, 15) is 14.7 Å². The molecule has 0 aliphatic rings. The number of carbonyl (C=O) groups excluding carboxylic acids is 2. The van der Waals surface area contributed by atoms with Crippen molar-refractivity contribution in [2.45, 2.75) is 26.5 Å². The van der Waals surface area contributed by atoms with Crippen LogP contribution in [-0.2, 0) is 20.9 Å². The van der Waals surface area contributed by atoms with Crippen molar-refractivity contribution in [1.29, 1.82) is 0 Å². The van der Waals surface area contributed by atoms with Crippen LogP contribution in [0.15, 0.2) is 41.6 Å². The first-order valence-corrected chi connectivity index (χ1v) is 7.94. The first-order chi connectivity index (χ1) is 11.9. The number of benzene rings is 1. The summed E-state index contributed by atoms with van der Waals surface area (Å²) in [5.41, 5.74) is 1.86. The minimum Gasteiger partial charge on any atom is -0.467 e. The van der Waals surface area contributed by atoms with Crippen molar-refractivity contribution in [1.82, 2.24) is 10.6 Å². The lowest BCUT2D eigenvalue weighted by Crippen LogP contribution is -2.46. The fourth-order valence-corrected chi connectivity index (χ4v) is 2.22. The van der Waals surface area contributed by atoms with Crippen LogP contribution in [0.2, 0.25) is 0 Å². The molecule has 0 fully saturated rings. The third-order valence-electron chi connectivity index (χ3n) is 3.14. The Kier molecular flexibility index (Phi) is 8.59. The first-order valence-electron chi connectivity index (χ1n) is 7.53. The zero-order valence-corrected chi connectivity index (χ0v) is 15.2. The molecular formula is C17H22N2O5S. The van der Waals surface area contributed by atoms with Crippen LogP contribution in [0, 0.1) is 0 Å². The molecule has 0 saturated heterocycles. The van der Waals surface area contributed by atoms with Crippen molar-refractivity contribution in [2.75, 3.05) is 13.7 Å². The summed E-state index contributed by atoms with van der Waals surface area (Å²) >= 11 is 5.20. The van der Waals surface area contributed by atoms with Crippen LogP contribution in [-0.4, -0.2) is 41.9 Å². The maximum atomic E-state index is 12.0. The number of allylic oxidation sites excluding steroid dienone is 1. The van der Waals surface area contributed by atoms with E-state index in [0.29, 0.717) is 11.3 Å². The molecule has 25 heavy (non-hydrogen) atoms. The van der Waals surface area contributed by atoms with E-state index in [0.717, 1.165) is 5.56 Å². The number of aliphatic hydroxyl groups excluding tert-OH is 1. The molecule has 3 N–H and O–H groups in total. The second-order valence-electron chi connectivity index (χ2n) is 5.29. The highest BCUT2D eigenvalue weighted by atomic mass is 32.1. The highest BCUT2D eigenvalue weighted by molar-refractivity contribution is 7.80. The van der Waals surface area contributed by atoms with E-state index < -0.39 is 24.7 Å². The van der Waals surface area contributed by atoms with Gasteiger partial charge in [0.2, 0.25) is 0 Å². The first kappa shape index (κ1) is 20.6. The second-order valence-corrected chi connectivity index (χ2v) is 5.70. The van der Waals surface area contributed by atoms with E-state index in [1.807, 2.05) is 30.3 Å². The number of aliphatic hydroxyl groups is 1. The molecule has 136 valence electrons. The van der Waals surface area contributed by atoms with Crippen LogP contribution >= 0.6 is 12.2 Å². The number of nitrogens with one attached hydrogen (secondary N) is 2. The number of methoxy groups -OCH3 is 1. The second kappa shape index (κ2) is 10.4. The molecule has 1 aromatic carbocycles. The summed E-state index contributed by atoms with van der Waals surface area (Å²) in [6.45, 7) is 3.10. The molecule has 0 bridgehead atoms. The van der Waals surface area contributed by atoms with Crippen LogP contribution in [0.5, 0.6) is 0 Å². The lowest BCUT2D eigenvalue weighted by atomic mass is 10.2. The van der Waals surface area contributed by atoms with Crippen LogP contribution in [0.3, 0.4) is 0 Å². The van der Waals surface area contributed by atoms with Gasteiger partial charge >= 0.3 is 12.1 Å². The maximum Gasteiger partial charge on any atom is 0.412 e. The summed E-state index contributed by atoms with van der Waals surface area (Å²) in [7, 11) is 1.21. The SMILES string of the molecule is COC(=O)[C@H](CO)NC(=S)C(NC(=O)OCc1ccccc1)=C(C)C. The monoisotopic (exact) mass is 366 g/mol. The molecule has 0 unspecified atom stereocenters. The number of esters is 1. The van der Waals surface area contributed by atoms with Crippen molar-refractivity contribution in [3.63, 3.8) is 0 Å². The Morgan fingerprint density at radius 3 is 2.40 bits per heavy atom. The molecule has 1 atom stereocenters. The standard InChI is InChI=1S/C17H22N2O5S/c1-11(2)14(15(25)18-13(9-20)16(21)23-3)19-17(22)24-10-12-7-5-4-6-8-12/h4-8,13,20H,9-10H2,1-3H3,(H,18,25)(H,19,22)/t13-/m0/s1. The predicted molar refractivity (Wildman–Crippen MR) is 96.8 cm³/mol. The maximum absolute atomic E-state index is 12.0. The summed E-state index contributed by atoms with van der Waals surface area (Å²) in [6, 6.07) is 8.22. The molecular weight excluding hydrogens is 344 g/mol. The normalized spacial score (nSPS) is 11.0. The molecule has 0 radical (unpaired) electrons. The molecule has 0 saturated carbocycles. The number of thiocarbonyl (C=S) groups is 1. The van der Waals surface area contributed by atoms with Crippen molar-refractivity contribution >= 4 is 29.3 Å². The molecule has 1 rings (SSSR count). The van der Waals surface area contributed by atoms with E-state index in [2.05, 4.69) is 15.4 Å². The Morgan fingerprint density at radius 2 is 1.88 bits per heavy atom. The van der Waals surface area contributed by atoms with Crippen molar-refractivity contribution in [3.05, 3.63) is 47.2 Å². The van der Waals surface area contributed by atoms with Crippen molar-refractivity contribution < 1.29 is 24.2 Å². The van der Waals surface area contributed by atoms with Gasteiger partial charge in [-0.25, -0.2) is 9.59 Å². The number of ether oxygens (including phenoxy) is 2. The molecule has 0 aliphatic carbocycles. The average Bonchev–Trinajstić information content (AvgIpc) is 2.62. The number of amides is 1. The molecule has 1 amide bonds. The smallest absolute Gasteiger partial charge is 0.412 e. The zero-order valence-electron chi connectivity index (χ0n) is 14.4. The van der Waals surface area contributed by atoms with Gasteiger partial charge in [0.1, 0.15) is 17.6 Å². The van der Waals surface area contributed by atoms with Gasteiger partial charge in [0.15, 0.2) is 0 Å². The Labute approximate surface area is 152 Å². The predicted octanol–water partition coefficient (Wildman–Crippen LogP) is 1.66. The Morgan fingerprint density at radius 1 is 1.24 bits per heavy atom. The fraction of sp³-hybridized carbons (Fsp3) is 0.353. The molecule has 0 spiro atoms. The molecule has 8 heteroatoms. The number of carbonyl (C=O) groups is 2. The summed E-state index contributed by atoms with van der Waals surface area (Å²) in [4.78, 5) is 23.6. The highest BCUT2D eigenvalue weighted by Crippen LogP contribution is 2.05. The largest absolute Gasteiger partial charge is 0.467 e. The molecule has 0 aromatic heterocycles. The number of alkyl carbamates (subject to hydrolysis) is 1. The van der Waals surface area contributed by atoms with Crippen LogP contribution in [0.4, 0.5) is 4.79 Å². The van der Waals surface area contributed by atoms with Crippen LogP contribution in [0.1, 0.15) is 19.4 Å². The van der Waals surface area contributed by atoms with Crippen molar-refractivity contribution in [3.8, 4) is 0 Å². The van der Waals surface area contributed by atoms with Crippen LogP contribution < -0.4 is 10.6 Å². The Balaban J connectivity index is 2.67. The number of rotatable bonds is 7. The van der Waals surface area contributed by atoms with Gasteiger partial charge < -0.3 is 19.9 Å². The third-order valence-corrected chi connectivity index (χ3v) is 3.46. The molecule has 0 heterocycles. The van der Waals surface area contributed by atoms with Crippen molar-refractivity contribution in [2.24, 2.45) is 0 Å². The van der Waals surface area contributed by atoms with Gasteiger partial charge in [-0.05, 0) is 25.0 Å². The van der Waals surface area contributed by atoms with E-state index in [1.54, 1.807) is 13.8 Å². The van der Waals surface area contributed by atoms with Gasteiger partial charge in [-0.3, -0.25) is 5.32 Å². The minimum absolute atomic E-state index is 0.0983. The quantitative estimate of drug-likeness (QED) is 0.384. The summed E-state index contributed by atoms with van der Waals surface area (Å²) < 4.78 is 9.71. The Hall–Kier alpha value is -2.45. The number of hydrogen-bond donors (Lipinski definition) is 3. The fourth-order valence-electron chi connectivity index (χ4n) is 1.82. The lowest BCUT2D eigenvalue weighted by molar-refractivity contribution is -0.143. The Bertz CT molecular complexity index is 642. The van der Waals surface area contributed by atoms with Gasteiger partial charge in [-0.1, -0.05) is 42.5 Å². The summed E-state index contributed by atoms with van der Waals surface area (Å²) in [6.07, 6.45) is -0.678. The number of hydrogen-bond acceptors (Lipinski definition) is 6. The summed E-state index contributed by atoms with van der Waals surface area (Å²) in [5, 5.41) is 14.4. The third kappa shape index (κ3) is 6.90. The molecule has 7 nitrogen and oxygen atoms in total. The molecule has 0 aliphatic heterocycles. The van der Waals surface area contributed by atoms with E-state index in [4.69, 9.17) is 17.0 Å². The minimum atomic E-state index is -1.02. The van der Waals surface area contributed by atoms with E-state index in [-0.39, 0.29) is 11.6 Å². The van der Waals surface area contributed by atoms with E-state index in [1.165, 1.54) is 7.11 Å². The summed E-state index contributed by atoms with van der Waals surface area (Å²) in [5.74, 6) is -0.662.